The summed E-state index contributed by atoms with van der Waals surface area (Å²) in [7, 11) is 0. The maximum atomic E-state index is 11.4. The van der Waals surface area contributed by atoms with Crippen molar-refractivity contribution >= 4 is 5.97 Å². The zero-order valence-corrected chi connectivity index (χ0v) is 10.2. The molecule has 0 radical (unpaired) electrons. The molecule has 0 aliphatic heterocycles. The molecule has 4 heteroatoms. The average Bonchev–Trinajstić information content (AvgIpc) is 2.31. The largest absolute Gasteiger partial charge is 0.504 e. The first kappa shape index (κ1) is 13.4. The minimum Gasteiger partial charge on any atom is -0.504 e. The van der Waals surface area contributed by atoms with Crippen molar-refractivity contribution in [3.8, 4) is 11.5 Å². The molecule has 0 aliphatic rings. The Hall–Kier alpha value is -1.71. The predicted octanol–water partition coefficient (Wildman–Crippen LogP) is 2.29. The third-order valence-corrected chi connectivity index (χ3v) is 2.14. The number of phenols is 1. The third-order valence-electron chi connectivity index (χ3n) is 2.14. The van der Waals surface area contributed by atoms with E-state index in [1.807, 2.05) is 13.8 Å². The summed E-state index contributed by atoms with van der Waals surface area (Å²) in [6, 6.07) is 4.87. The Bertz CT molecular complexity index is 374. The zero-order valence-electron chi connectivity index (χ0n) is 10.2. The molecule has 94 valence electrons. The smallest absolute Gasteiger partial charge is 0.310 e. The molecule has 0 unspecified atom stereocenters. The molecule has 0 amide bonds. The van der Waals surface area contributed by atoms with E-state index in [2.05, 4.69) is 0 Å². The number of hydrogen-bond donors (Lipinski definition) is 1. The number of ether oxygens (including phenoxy) is 2. The van der Waals surface area contributed by atoms with E-state index in [1.54, 1.807) is 12.1 Å². The van der Waals surface area contributed by atoms with Crippen molar-refractivity contribution in [2.45, 2.75) is 26.7 Å². The number of rotatable bonds is 6. The van der Waals surface area contributed by atoms with Crippen LogP contribution >= 0.6 is 0 Å². The Morgan fingerprint density at radius 3 is 2.76 bits per heavy atom. The summed E-state index contributed by atoms with van der Waals surface area (Å²) in [5.74, 6) is 0.214. The van der Waals surface area contributed by atoms with Crippen LogP contribution in [0.1, 0.15) is 25.8 Å². The SMILES string of the molecule is CCCOC(=O)Cc1ccc(O)c(OCC)c1. The van der Waals surface area contributed by atoms with Crippen molar-refractivity contribution in [1.82, 2.24) is 0 Å². The quantitative estimate of drug-likeness (QED) is 0.772. The summed E-state index contributed by atoms with van der Waals surface area (Å²) >= 11 is 0. The number of phenolic OH excluding ortho intramolecular Hbond substituents is 1. The molecule has 1 aromatic carbocycles. The van der Waals surface area contributed by atoms with Gasteiger partial charge in [-0.15, -0.1) is 0 Å². The Kier molecular flexibility index (Phi) is 5.33. The lowest BCUT2D eigenvalue weighted by Gasteiger charge is -2.08. The lowest BCUT2D eigenvalue weighted by Crippen LogP contribution is -2.08. The molecule has 0 fully saturated rings. The Morgan fingerprint density at radius 2 is 2.12 bits per heavy atom. The van der Waals surface area contributed by atoms with Crippen molar-refractivity contribution < 1.29 is 19.4 Å². The van der Waals surface area contributed by atoms with E-state index in [4.69, 9.17) is 9.47 Å². The van der Waals surface area contributed by atoms with Crippen LogP contribution in [0.4, 0.5) is 0 Å². The number of carbonyl (C=O) groups excluding carboxylic acids is 1. The number of hydrogen-bond acceptors (Lipinski definition) is 4. The van der Waals surface area contributed by atoms with E-state index in [0.717, 1.165) is 12.0 Å². The second-order valence-electron chi connectivity index (χ2n) is 3.63. The van der Waals surface area contributed by atoms with Gasteiger partial charge in [0.2, 0.25) is 0 Å². The van der Waals surface area contributed by atoms with Gasteiger partial charge in [0.1, 0.15) is 0 Å². The normalized spacial score (nSPS) is 10.0. The molecule has 0 saturated heterocycles. The maximum Gasteiger partial charge on any atom is 0.310 e. The molecule has 0 aliphatic carbocycles. The first-order chi connectivity index (χ1) is 8.17. The molecular weight excluding hydrogens is 220 g/mol. The molecule has 0 spiro atoms. The van der Waals surface area contributed by atoms with Crippen LogP contribution in [-0.2, 0) is 16.0 Å². The van der Waals surface area contributed by atoms with Crippen molar-refractivity contribution in [3.63, 3.8) is 0 Å². The number of carbonyl (C=O) groups is 1. The van der Waals surface area contributed by atoms with E-state index in [1.165, 1.54) is 6.07 Å². The molecule has 1 N–H and O–H groups in total. The molecule has 17 heavy (non-hydrogen) atoms. The van der Waals surface area contributed by atoms with Crippen LogP contribution in [0.15, 0.2) is 18.2 Å². The maximum absolute atomic E-state index is 11.4. The molecule has 0 atom stereocenters. The van der Waals surface area contributed by atoms with E-state index in [0.29, 0.717) is 19.0 Å². The van der Waals surface area contributed by atoms with Gasteiger partial charge in [0, 0.05) is 0 Å². The summed E-state index contributed by atoms with van der Waals surface area (Å²) in [4.78, 5) is 11.4. The van der Waals surface area contributed by atoms with Crippen LogP contribution in [0.2, 0.25) is 0 Å². The van der Waals surface area contributed by atoms with Gasteiger partial charge >= 0.3 is 5.97 Å². The van der Waals surface area contributed by atoms with Gasteiger partial charge in [0.25, 0.3) is 0 Å². The highest BCUT2D eigenvalue weighted by Gasteiger charge is 2.08. The molecular formula is C13H18O4. The molecule has 0 bridgehead atoms. The molecule has 0 heterocycles. The van der Waals surface area contributed by atoms with Gasteiger partial charge in [0.15, 0.2) is 11.5 Å². The highest BCUT2D eigenvalue weighted by atomic mass is 16.5. The van der Waals surface area contributed by atoms with Crippen LogP contribution in [0.5, 0.6) is 11.5 Å². The van der Waals surface area contributed by atoms with Crippen molar-refractivity contribution in [1.29, 1.82) is 0 Å². The standard InChI is InChI=1S/C13H18O4/c1-3-7-17-13(15)9-10-5-6-11(14)12(8-10)16-4-2/h5-6,8,14H,3-4,7,9H2,1-2H3. The molecule has 1 rings (SSSR count). The summed E-state index contributed by atoms with van der Waals surface area (Å²) in [5.41, 5.74) is 0.771. The minimum absolute atomic E-state index is 0.0810. The lowest BCUT2D eigenvalue weighted by molar-refractivity contribution is -0.142. The van der Waals surface area contributed by atoms with Crippen LogP contribution in [-0.4, -0.2) is 24.3 Å². The summed E-state index contributed by atoms with van der Waals surface area (Å²) in [5, 5.41) is 9.50. The highest BCUT2D eigenvalue weighted by Crippen LogP contribution is 2.27. The van der Waals surface area contributed by atoms with Crippen LogP contribution in [0.25, 0.3) is 0 Å². The predicted molar refractivity (Wildman–Crippen MR) is 64.2 cm³/mol. The van der Waals surface area contributed by atoms with E-state index >= 15 is 0 Å². The summed E-state index contributed by atoms with van der Waals surface area (Å²) < 4.78 is 10.2. The summed E-state index contributed by atoms with van der Waals surface area (Å²) in [6.45, 7) is 4.69. The average molecular weight is 238 g/mol. The fourth-order valence-corrected chi connectivity index (χ4v) is 1.37. The number of benzene rings is 1. The molecule has 1 aromatic rings. The Morgan fingerprint density at radius 1 is 1.35 bits per heavy atom. The van der Waals surface area contributed by atoms with Gasteiger partial charge < -0.3 is 14.6 Å². The van der Waals surface area contributed by atoms with Gasteiger partial charge in [-0.25, -0.2) is 0 Å². The van der Waals surface area contributed by atoms with Gasteiger partial charge in [-0.3, -0.25) is 4.79 Å². The monoisotopic (exact) mass is 238 g/mol. The molecule has 0 saturated carbocycles. The summed E-state index contributed by atoms with van der Waals surface area (Å²) in [6.07, 6.45) is 1.01. The van der Waals surface area contributed by atoms with Crippen molar-refractivity contribution in [3.05, 3.63) is 23.8 Å². The second-order valence-corrected chi connectivity index (χ2v) is 3.63. The van der Waals surface area contributed by atoms with Gasteiger partial charge in [0.05, 0.1) is 19.6 Å². The molecule has 0 aromatic heterocycles. The lowest BCUT2D eigenvalue weighted by atomic mass is 10.1. The fraction of sp³-hybridized carbons (Fsp3) is 0.462. The fourth-order valence-electron chi connectivity index (χ4n) is 1.37. The second kappa shape index (κ2) is 6.78. The van der Waals surface area contributed by atoms with Gasteiger partial charge in [-0.05, 0) is 31.0 Å². The third kappa shape index (κ3) is 4.34. The highest BCUT2D eigenvalue weighted by molar-refractivity contribution is 5.72. The number of aromatic hydroxyl groups is 1. The van der Waals surface area contributed by atoms with Crippen molar-refractivity contribution in [2.75, 3.05) is 13.2 Å². The van der Waals surface area contributed by atoms with E-state index in [-0.39, 0.29) is 18.1 Å². The number of esters is 1. The van der Waals surface area contributed by atoms with Crippen LogP contribution in [0.3, 0.4) is 0 Å². The van der Waals surface area contributed by atoms with Gasteiger partial charge in [-0.2, -0.15) is 0 Å². The first-order valence-corrected chi connectivity index (χ1v) is 5.77. The Balaban J connectivity index is 2.65. The first-order valence-electron chi connectivity index (χ1n) is 5.77. The zero-order chi connectivity index (χ0) is 12.7. The minimum atomic E-state index is -0.264. The van der Waals surface area contributed by atoms with Crippen LogP contribution in [0, 0.1) is 0 Å². The van der Waals surface area contributed by atoms with E-state index < -0.39 is 0 Å². The topological polar surface area (TPSA) is 55.8 Å². The van der Waals surface area contributed by atoms with E-state index in [9.17, 15) is 9.90 Å². The van der Waals surface area contributed by atoms with Crippen LogP contribution < -0.4 is 4.74 Å². The molecule has 4 nitrogen and oxygen atoms in total. The van der Waals surface area contributed by atoms with Gasteiger partial charge in [-0.1, -0.05) is 13.0 Å². The van der Waals surface area contributed by atoms with Crippen molar-refractivity contribution in [2.24, 2.45) is 0 Å². The Labute approximate surface area is 101 Å².